The van der Waals surface area contributed by atoms with Crippen LogP contribution in [0.2, 0.25) is 0 Å². The molecule has 0 aliphatic rings. The number of nitrogen functional groups attached to an aromatic ring is 1. The van der Waals surface area contributed by atoms with Crippen molar-refractivity contribution in [2.45, 2.75) is 11.8 Å². The molecule has 0 radical (unpaired) electrons. The minimum atomic E-state index is 0.508. The van der Waals surface area contributed by atoms with E-state index < -0.39 is 0 Å². The molecule has 0 saturated carbocycles. The van der Waals surface area contributed by atoms with Crippen molar-refractivity contribution < 1.29 is 4.52 Å². The summed E-state index contributed by atoms with van der Waals surface area (Å²) in [4.78, 5) is 6.54. The van der Waals surface area contributed by atoms with Gasteiger partial charge in [-0.25, -0.2) is 0 Å². The maximum Gasteiger partial charge on any atom is 0.268 e. The van der Waals surface area contributed by atoms with E-state index in [-0.39, 0.29) is 0 Å². The van der Waals surface area contributed by atoms with Crippen molar-refractivity contribution in [1.82, 2.24) is 10.1 Å². The molecule has 0 unspecified atom stereocenters. The molecular weight excluding hydrogens is 290 g/mol. The van der Waals surface area contributed by atoms with Crippen molar-refractivity contribution >= 4 is 28.1 Å². The van der Waals surface area contributed by atoms with Crippen molar-refractivity contribution in [2.24, 2.45) is 0 Å². The van der Waals surface area contributed by atoms with E-state index in [1.165, 1.54) is 16.2 Å². The molecule has 2 heterocycles. The molecule has 3 aromatic rings. The average molecular weight is 303 g/mol. The van der Waals surface area contributed by atoms with E-state index in [0.29, 0.717) is 11.7 Å². The Morgan fingerprint density at radius 2 is 2.00 bits per heavy atom. The normalized spacial score (nSPS) is 10.8. The average Bonchev–Trinajstić information content (AvgIpc) is 3.09. The van der Waals surface area contributed by atoms with E-state index in [0.717, 1.165) is 21.2 Å². The molecule has 0 atom stereocenters. The molecule has 2 aromatic heterocycles. The van der Waals surface area contributed by atoms with Gasteiger partial charge in [0.2, 0.25) is 5.82 Å². The third-order valence-corrected chi connectivity index (χ3v) is 4.48. The number of hydrogen-bond acceptors (Lipinski definition) is 6. The van der Waals surface area contributed by atoms with Gasteiger partial charge in [-0.05, 0) is 42.2 Å². The molecular formula is C14H13N3OS2. The third-order valence-electron chi connectivity index (χ3n) is 2.69. The Labute approximate surface area is 125 Å². The molecule has 0 amide bonds. The van der Waals surface area contributed by atoms with Gasteiger partial charge in [0.15, 0.2) is 0 Å². The summed E-state index contributed by atoms with van der Waals surface area (Å²) in [5, 5.41) is 4.76. The standard InChI is InChI=1S/C14H13N3OS2/c1-2-19-10-5-3-9(4-6-10)13-16-14(18-17-13)11-7-8-12(15)20-11/h3-8H,2,15H2,1H3. The minimum absolute atomic E-state index is 0.508. The number of aromatic nitrogens is 2. The van der Waals surface area contributed by atoms with Crippen molar-refractivity contribution in [3.8, 4) is 22.2 Å². The van der Waals surface area contributed by atoms with Crippen LogP contribution in [-0.2, 0) is 0 Å². The number of thiophene rings is 1. The number of nitrogens with two attached hydrogens (primary N) is 1. The molecule has 3 rings (SSSR count). The van der Waals surface area contributed by atoms with Gasteiger partial charge < -0.3 is 10.3 Å². The Bertz CT molecular complexity index is 703. The number of nitrogens with zero attached hydrogens (tertiary/aromatic N) is 2. The fraction of sp³-hybridized carbons (Fsp3) is 0.143. The lowest BCUT2D eigenvalue weighted by molar-refractivity contribution is 0.433. The summed E-state index contributed by atoms with van der Waals surface area (Å²) in [5.74, 6) is 2.17. The summed E-state index contributed by atoms with van der Waals surface area (Å²) in [6.07, 6.45) is 0. The quantitative estimate of drug-likeness (QED) is 0.733. The lowest BCUT2D eigenvalue weighted by Crippen LogP contribution is -1.81. The fourth-order valence-corrected chi connectivity index (χ4v) is 3.13. The van der Waals surface area contributed by atoms with Gasteiger partial charge in [-0.2, -0.15) is 4.98 Å². The Balaban J connectivity index is 1.86. The van der Waals surface area contributed by atoms with E-state index in [4.69, 9.17) is 10.3 Å². The van der Waals surface area contributed by atoms with Crippen LogP contribution in [0.5, 0.6) is 0 Å². The molecule has 0 spiro atoms. The molecule has 0 bridgehead atoms. The second kappa shape index (κ2) is 5.68. The first-order valence-electron chi connectivity index (χ1n) is 6.19. The van der Waals surface area contributed by atoms with Crippen LogP contribution in [0.25, 0.3) is 22.2 Å². The Hall–Kier alpha value is -1.79. The van der Waals surface area contributed by atoms with Crippen LogP contribution in [0.3, 0.4) is 0 Å². The highest BCUT2D eigenvalue weighted by Crippen LogP contribution is 2.30. The zero-order chi connectivity index (χ0) is 13.9. The van der Waals surface area contributed by atoms with Crippen LogP contribution in [0.15, 0.2) is 45.8 Å². The van der Waals surface area contributed by atoms with Crippen LogP contribution >= 0.6 is 23.1 Å². The molecule has 2 N–H and O–H groups in total. The van der Waals surface area contributed by atoms with Gasteiger partial charge in [0.05, 0.1) is 9.88 Å². The lowest BCUT2D eigenvalue weighted by Gasteiger charge is -1.98. The predicted molar refractivity (Wildman–Crippen MR) is 83.9 cm³/mol. The predicted octanol–water partition coefficient (Wildman–Crippen LogP) is 4.16. The molecule has 20 heavy (non-hydrogen) atoms. The van der Waals surface area contributed by atoms with Crippen molar-refractivity contribution in [3.63, 3.8) is 0 Å². The van der Waals surface area contributed by atoms with Gasteiger partial charge in [-0.15, -0.1) is 23.1 Å². The van der Waals surface area contributed by atoms with Gasteiger partial charge in [0.1, 0.15) is 0 Å². The number of rotatable bonds is 4. The minimum Gasteiger partial charge on any atom is -0.391 e. The van der Waals surface area contributed by atoms with Crippen LogP contribution in [0, 0.1) is 0 Å². The highest BCUT2D eigenvalue weighted by atomic mass is 32.2. The molecule has 1 aromatic carbocycles. The molecule has 0 saturated heterocycles. The first kappa shape index (κ1) is 13.2. The molecule has 4 nitrogen and oxygen atoms in total. The third kappa shape index (κ3) is 2.71. The zero-order valence-electron chi connectivity index (χ0n) is 10.9. The van der Waals surface area contributed by atoms with E-state index in [1.54, 1.807) is 0 Å². The second-order valence-corrected chi connectivity index (χ2v) is 6.54. The topological polar surface area (TPSA) is 64.9 Å². The van der Waals surface area contributed by atoms with E-state index in [2.05, 4.69) is 29.2 Å². The van der Waals surface area contributed by atoms with Crippen LogP contribution in [0.1, 0.15) is 6.92 Å². The summed E-state index contributed by atoms with van der Waals surface area (Å²) in [5.41, 5.74) is 6.65. The summed E-state index contributed by atoms with van der Waals surface area (Å²) in [6, 6.07) is 11.9. The molecule has 0 aliphatic carbocycles. The van der Waals surface area contributed by atoms with E-state index in [9.17, 15) is 0 Å². The SMILES string of the molecule is CCSc1ccc(-c2noc(-c3ccc(N)s3)n2)cc1. The number of hydrogen-bond donors (Lipinski definition) is 1. The van der Waals surface area contributed by atoms with Gasteiger partial charge >= 0.3 is 0 Å². The maximum absolute atomic E-state index is 5.71. The summed E-state index contributed by atoms with van der Waals surface area (Å²) < 4.78 is 5.28. The smallest absolute Gasteiger partial charge is 0.268 e. The van der Waals surface area contributed by atoms with Gasteiger partial charge in [0.25, 0.3) is 5.89 Å². The Morgan fingerprint density at radius 3 is 2.65 bits per heavy atom. The summed E-state index contributed by atoms with van der Waals surface area (Å²) in [6.45, 7) is 2.14. The highest BCUT2D eigenvalue weighted by Gasteiger charge is 2.12. The van der Waals surface area contributed by atoms with Crippen molar-refractivity contribution in [3.05, 3.63) is 36.4 Å². The zero-order valence-corrected chi connectivity index (χ0v) is 12.5. The van der Waals surface area contributed by atoms with Crippen LogP contribution in [-0.4, -0.2) is 15.9 Å². The first-order chi connectivity index (χ1) is 9.76. The fourth-order valence-electron chi connectivity index (χ4n) is 1.78. The van der Waals surface area contributed by atoms with Crippen molar-refractivity contribution in [1.29, 1.82) is 0 Å². The lowest BCUT2D eigenvalue weighted by atomic mass is 10.2. The number of thioether (sulfide) groups is 1. The molecule has 0 fully saturated rings. The van der Waals surface area contributed by atoms with E-state index in [1.807, 2.05) is 36.0 Å². The highest BCUT2D eigenvalue weighted by molar-refractivity contribution is 7.99. The van der Waals surface area contributed by atoms with Crippen LogP contribution < -0.4 is 5.73 Å². The monoisotopic (exact) mass is 303 g/mol. The summed E-state index contributed by atoms with van der Waals surface area (Å²) in [7, 11) is 0. The largest absolute Gasteiger partial charge is 0.391 e. The Morgan fingerprint density at radius 1 is 1.20 bits per heavy atom. The van der Waals surface area contributed by atoms with Crippen molar-refractivity contribution in [2.75, 3.05) is 11.5 Å². The molecule has 0 aliphatic heterocycles. The van der Waals surface area contributed by atoms with Gasteiger partial charge in [-0.3, -0.25) is 0 Å². The molecule has 6 heteroatoms. The summed E-state index contributed by atoms with van der Waals surface area (Å²) >= 11 is 3.24. The van der Waals surface area contributed by atoms with Gasteiger partial charge in [-0.1, -0.05) is 12.1 Å². The number of benzene rings is 1. The Kier molecular flexibility index (Phi) is 3.75. The first-order valence-corrected chi connectivity index (χ1v) is 7.99. The second-order valence-electron chi connectivity index (χ2n) is 4.08. The maximum atomic E-state index is 5.71. The van der Waals surface area contributed by atoms with E-state index >= 15 is 0 Å². The van der Waals surface area contributed by atoms with Crippen LogP contribution in [0.4, 0.5) is 5.00 Å². The molecule has 102 valence electrons. The number of anilines is 1. The van der Waals surface area contributed by atoms with Gasteiger partial charge in [0, 0.05) is 10.5 Å².